The van der Waals surface area contributed by atoms with Gasteiger partial charge in [-0.2, -0.15) is 0 Å². The van der Waals surface area contributed by atoms with Gasteiger partial charge in [0.05, 0.1) is 22.2 Å². The van der Waals surface area contributed by atoms with Crippen LogP contribution >= 0.6 is 15.9 Å². The zero-order valence-corrected chi connectivity index (χ0v) is 11.9. The SMILES string of the molecule is C[C@@H]1CN(C(=O)c2cccc(Br)c2F)C[C@H](C)O1. The molecule has 1 aromatic carbocycles. The molecule has 0 N–H and O–H groups in total. The highest BCUT2D eigenvalue weighted by Gasteiger charge is 2.28. The molecule has 1 fully saturated rings. The summed E-state index contributed by atoms with van der Waals surface area (Å²) in [5, 5.41) is 0. The number of morpholine rings is 1. The standard InChI is InChI=1S/C13H15BrFNO2/c1-8-6-16(7-9(2)18-8)13(17)10-4-3-5-11(14)12(10)15/h3-5,8-9H,6-7H2,1-2H3/t8-,9+. The molecule has 2 rings (SSSR count). The van der Waals surface area contributed by atoms with E-state index in [-0.39, 0.29) is 23.7 Å². The molecule has 0 aromatic heterocycles. The van der Waals surface area contributed by atoms with E-state index in [2.05, 4.69) is 15.9 Å². The summed E-state index contributed by atoms with van der Waals surface area (Å²) >= 11 is 3.09. The molecule has 0 unspecified atom stereocenters. The Hall–Kier alpha value is -0.940. The topological polar surface area (TPSA) is 29.5 Å². The number of benzene rings is 1. The van der Waals surface area contributed by atoms with Gasteiger partial charge in [0, 0.05) is 13.1 Å². The Labute approximate surface area is 114 Å². The van der Waals surface area contributed by atoms with Crippen molar-refractivity contribution in [3.8, 4) is 0 Å². The Bertz CT molecular complexity index is 456. The molecular formula is C13H15BrFNO2. The van der Waals surface area contributed by atoms with E-state index in [1.54, 1.807) is 17.0 Å². The van der Waals surface area contributed by atoms with Crippen LogP contribution in [0.1, 0.15) is 24.2 Å². The van der Waals surface area contributed by atoms with Gasteiger partial charge in [-0.05, 0) is 41.9 Å². The van der Waals surface area contributed by atoms with Crippen molar-refractivity contribution in [1.82, 2.24) is 4.90 Å². The van der Waals surface area contributed by atoms with E-state index in [1.807, 2.05) is 13.8 Å². The summed E-state index contributed by atoms with van der Waals surface area (Å²) in [5.74, 6) is -0.787. The van der Waals surface area contributed by atoms with Gasteiger partial charge in [0.15, 0.2) is 0 Å². The van der Waals surface area contributed by atoms with Crippen LogP contribution in [0.5, 0.6) is 0 Å². The molecule has 1 amide bonds. The van der Waals surface area contributed by atoms with Crippen LogP contribution < -0.4 is 0 Å². The highest BCUT2D eigenvalue weighted by Crippen LogP contribution is 2.21. The number of carbonyl (C=O) groups is 1. The molecular weight excluding hydrogens is 301 g/mol. The van der Waals surface area contributed by atoms with Gasteiger partial charge in [-0.1, -0.05) is 6.07 Å². The van der Waals surface area contributed by atoms with Crippen molar-refractivity contribution in [3.63, 3.8) is 0 Å². The third kappa shape index (κ3) is 2.72. The highest BCUT2D eigenvalue weighted by atomic mass is 79.9. The van der Waals surface area contributed by atoms with E-state index < -0.39 is 5.82 Å². The van der Waals surface area contributed by atoms with Crippen LogP contribution in [-0.4, -0.2) is 36.1 Å². The quantitative estimate of drug-likeness (QED) is 0.797. The Kier molecular flexibility index (Phi) is 4.02. The second kappa shape index (κ2) is 5.36. The van der Waals surface area contributed by atoms with Crippen LogP contribution in [0.2, 0.25) is 0 Å². The van der Waals surface area contributed by atoms with Crippen molar-refractivity contribution in [2.45, 2.75) is 26.1 Å². The Morgan fingerprint density at radius 1 is 1.39 bits per heavy atom. The molecule has 18 heavy (non-hydrogen) atoms. The Balaban J connectivity index is 2.23. The summed E-state index contributed by atoms with van der Waals surface area (Å²) in [4.78, 5) is 13.9. The average molecular weight is 316 g/mol. The lowest BCUT2D eigenvalue weighted by Crippen LogP contribution is -2.48. The molecule has 0 spiro atoms. The lowest BCUT2D eigenvalue weighted by atomic mass is 10.1. The maximum atomic E-state index is 13.9. The molecule has 0 bridgehead atoms. The number of carbonyl (C=O) groups excluding carboxylic acids is 1. The first-order valence-corrected chi connectivity index (χ1v) is 6.67. The van der Waals surface area contributed by atoms with E-state index in [0.29, 0.717) is 17.6 Å². The van der Waals surface area contributed by atoms with Gasteiger partial charge < -0.3 is 9.64 Å². The van der Waals surface area contributed by atoms with Crippen molar-refractivity contribution in [2.24, 2.45) is 0 Å². The maximum Gasteiger partial charge on any atom is 0.257 e. The molecule has 1 aliphatic heterocycles. The molecule has 0 radical (unpaired) electrons. The molecule has 1 heterocycles. The molecule has 1 saturated heterocycles. The van der Waals surface area contributed by atoms with Crippen LogP contribution in [0.25, 0.3) is 0 Å². The zero-order chi connectivity index (χ0) is 13.3. The number of hydrogen-bond donors (Lipinski definition) is 0. The molecule has 5 heteroatoms. The van der Waals surface area contributed by atoms with Crippen molar-refractivity contribution in [1.29, 1.82) is 0 Å². The van der Waals surface area contributed by atoms with Gasteiger partial charge in [-0.25, -0.2) is 4.39 Å². The first kappa shape index (κ1) is 13.5. The smallest absolute Gasteiger partial charge is 0.257 e. The second-order valence-corrected chi connectivity index (χ2v) is 5.42. The largest absolute Gasteiger partial charge is 0.372 e. The second-order valence-electron chi connectivity index (χ2n) is 4.57. The highest BCUT2D eigenvalue weighted by molar-refractivity contribution is 9.10. The summed E-state index contributed by atoms with van der Waals surface area (Å²) in [6, 6.07) is 4.75. The van der Waals surface area contributed by atoms with Crippen LogP contribution in [0.3, 0.4) is 0 Å². The summed E-state index contributed by atoms with van der Waals surface area (Å²) in [6.07, 6.45) is -0.0409. The summed E-state index contributed by atoms with van der Waals surface area (Å²) < 4.78 is 19.7. The lowest BCUT2D eigenvalue weighted by molar-refractivity contribution is -0.0587. The number of rotatable bonds is 1. The molecule has 3 nitrogen and oxygen atoms in total. The first-order chi connectivity index (χ1) is 8.49. The third-order valence-electron chi connectivity index (χ3n) is 2.89. The van der Waals surface area contributed by atoms with Crippen molar-refractivity contribution in [3.05, 3.63) is 34.1 Å². The fraction of sp³-hybridized carbons (Fsp3) is 0.462. The number of nitrogens with zero attached hydrogens (tertiary/aromatic N) is 1. The lowest BCUT2D eigenvalue weighted by Gasteiger charge is -2.35. The van der Waals surface area contributed by atoms with Crippen LogP contribution in [0.4, 0.5) is 4.39 Å². The maximum absolute atomic E-state index is 13.9. The molecule has 2 atom stereocenters. The fourth-order valence-electron chi connectivity index (χ4n) is 2.18. The normalized spacial score (nSPS) is 24.1. The molecule has 1 aliphatic rings. The minimum absolute atomic E-state index is 0.0204. The minimum Gasteiger partial charge on any atom is -0.372 e. The average Bonchev–Trinajstić information content (AvgIpc) is 2.30. The molecule has 98 valence electrons. The van der Waals surface area contributed by atoms with Gasteiger partial charge >= 0.3 is 0 Å². The van der Waals surface area contributed by atoms with E-state index >= 15 is 0 Å². The summed E-state index contributed by atoms with van der Waals surface area (Å²) in [6.45, 7) is 4.81. The number of hydrogen-bond acceptors (Lipinski definition) is 2. The van der Waals surface area contributed by atoms with E-state index in [4.69, 9.17) is 4.74 Å². The zero-order valence-electron chi connectivity index (χ0n) is 10.3. The third-order valence-corrected chi connectivity index (χ3v) is 3.50. The molecule has 0 aliphatic carbocycles. The summed E-state index contributed by atoms with van der Waals surface area (Å²) in [7, 11) is 0. The van der Waals surface area contributed by atoms with Crippen LogP contribution in [0.15, 0.2) is 22.7 Å². The van der Waals surface area contributed by atoms with Crippen molar-refractivity contribution in [2.75, 3.05) is 13.1 Å². The Morgan fingerprint density at radius 2 is 2.00 bits per heavy atom. The summed E-state index contributed by atoms with van der Waals surface area (Å²) in [5.41, 5.74) is 0.102. The van der Waals surface area contributed by atoms with Gasteiger partial charge in [0.25, 0.3) is 5.91 Å². The number of ether oxygens (including phenoxy) is 1. The van der Waals surface area contributed by atoms with Crippen LogP contribution in [0, 0.1) is 5.82 Å². The molecule has 1 aromatic rings. The fourth-order valence-corrected chi connectivity index (χ4v) is 2.55. The van der Waals surface area contributed by atoms with E-state index in [0.717, 1.165) is 0 Å². The van der Waals surface area contributed by atoms with Gasteiger partial charge in [-0.3, -0.25) is 4.79 Å². The predicted octanol–water partition coefficient (Wildman–Crippen LogP) is 2.84. The van der Waals surface area contributed by atoms with Gasteiger partial charge in [0.2, 0.25) is 0 Å². The van der Waals surface area contributed by atoms with Crippen LogP contribution in [-0.2, 0) is 4.74 Å². The van der Waals surface area contributed by atoms with Gasteiger partial charge in [-0.15, -0.1) is 0 Å². The number of halogens is 2. The van der Waals surface area contributed by atoms with E-state index in [9.17, 15) is 9.18 Å². The Morgan fingerprint density at radius 3 is 2.61 bits per heavy atom. The monoisotopic (exact) mass is 315 g/mol. The minimum atomic E-state index is -0.505. The van der Waals surface area contributed by atoms with E-state index in [1.165, 1.54) is 6.07 Å². The predicted molar refractivity (Wildman–Crippen MR) is 70.0 cm³/mol. The van der Waals surface area contributed by atoms with Crippen molar-refractivity contribution < 1.29 is 13.9 Å². The first-order valence-electron chi connectivity index (χ1n) is 5.87. The van der Waals surface area contributed by atoms with Gasteiger partial charge in [0.1, 0.15) is 5.82 Å². The number of amides is 1. The van der Waals surface area contributed by atoms with Crippen molar-refractivity contribution >= 4 is 21.8 Å². The molecule has 0 saturated carbocycles.